The van der Waals surface area contributed by atoms with E-state index in [2.05, 4.69) is 235 Å². The number of thioether (sulfide) groups is 5. The molecule has 5 heterocycles. The Morgan fingerprint density at radius 2 is 0.709 bits per heavy atom. The highest BCUT2D eigenvalue weighted by Crippen LogP contribution is 2.45. The predicted octanol–water partition coefficient (Wildman–Crippen LogP) is 26.4. The van der Waals surface area contributed by atoms with Crippen molar-refractivity contribution in [1.82, 2.24) is 24.5 Å². The molecule has 6 rings (SSSR count). The first-order chi connectivity index (χ1) is 56.9. The molecule has 1 saturated carbocycles. The average Bonchev–Trinajstić information content (AvgIpc) is 1.66. The Hall–Kier alpha value is -1.23. The number of imide groups is 5. The number of amides is 10. The fraction of sp³-hybridized carbons (Fsp3) is 0.901. The van der Waals surface area contributed by atoms with Gasteiger partial charge in [0.15, 0.2) is 0 Å². The molecule has 0 bridgehead atoms. The minimum Gasteiger partial charge on any atom is -0.381 e. The number of carbonyl (C=O) groups is 10. The normalized spacial score (nSPS) is 21.6. The van der Waals surface area contributed by atoms with Crippen molar-refractivity contribution in [2.24, 2.45) is 66.5 Å². The monoisotopic (exact) mass is 1950 g/mol. The van der Waals surface area contributed by atoms with Crippen molar-refractivity contribution in [3.05, 3.63) is 0 Å². The Bertz CT molecular complexity index is 3350. The highest BCUT2D eigenvalue weighted by atomic mass is 33.1. The maximum Gasteiger partial charge on any atom is 0.243 e. The number of hydrogen-bond donors (Lipinski definition) is 0. The summed E-state index contributed by atoms with van der Waals surface area (Å²) in [5, 5.41) is 0.202. The number of ether oxygens (including phenoxy) is 2. The van der Waals surface area contributed by atoms with Gasteiger partial charge in [-0.2, -0.15) is 0 Å². The summed E-state index contributed by atoms with van der Waals surface area (Å²) in [5.74, 6) is 6.48. The molecular weight excluding hydrogens is 1760 g/mol. The Morgan fingerprint density at radius 1 is 0.346 bits per heavy atom. The van der Waals surface area contributed by atoms with Crippen LogP contribution in [-0.2, 0) is 57.4 Å². The van der Waals surface area contributed by atoms with Gasteiger partial charge in [-0.15, -0.1) is 58.8 Å². The lowest BCUT2D eigenvalue weighted by atomic mass is 9.70. The van der Waals surface area contributed by atoms with Gasteiger partial charge in [-0.3, -0.25) is 72.4 Å². The molecule has 0 aromatic heterocycles. The van der Waals surface area contributed by atoms with Crippen molar-refractivity contribution in [2.75, 3.05) is 74.8 Å². The molecule has 744 valence electrons. The van der Waals surface area contributed by atoms with E-state index in [0.29, 0.717) is 114 Å². The second kappa shape index (κ2) is 54.2. The van der Waals surface area contributed by atoms with Crippen LogP contribution < -0.4 is 0 Å². The zero-order valence-electron chi connectivity index (χ0n) is 88.8. The van der Waals surface area contributed by atoms with Gasteiger partial charge in [-0.1, -0.05) is 299 Å². The summed E-state index contributed by atoms with van der Waals surface area (Å²) in [5.41, 5.74) is 1.47. The summed E-state index contributed by atoms with van der Waals surface area (Å²) in [4.78, 5) is 129. The van der Waals surface area contributed by atoms with E-state index < -0.39 is 11.1 Å². The third kappa shape index (κ3) is 58.2. The summed E-state index contributed by atoms with van der Waals surface area (Å²) in [6.45, 7) is 97.2. The third-order valence-electron chi connectivity index (χ3n) is 19.8. The summed E-state index contributed by atoms with van der Waals surface area (Å²) < 4.78 is 11.9. The zero-order valence-corrected chi connectivity index (χ0v) is 96.1. The molecule has 0 aromatic rings. The Labute approximate surface area is 816 Å². The summed E-state index contributed by atoms with van der Waals surface area (Å²) in [6, 6.07) is 0. The van der Waals surface area contributed by atoms with E-state index in [1.165, 1.54) is 44.6 Å². The van der Waals surface area contributed by atoms with E-state index in [1.807, 2.05) is 105 Å². The summed E-state index contributed by atoms with van der Waals surface area (Å²) in [7, 11) is 7.99. The second-order valence-corrected chi connectivity index (χ2v) is 64.0. The van der Waals surface area contributed by atoms with Crippen LogP contribution in [0.1, 0.15) is 381 Å². The molecule has 0 spiro atoms. The molecule has 5 aliphatic heterocycles. The van der Waals surface area contributed by atoms with Crippen LogP contribution in [0.15, 0.2) is 0 Å². The molecule has 5 saturated heterocycles. The van der Waals surface area contributed by atoms with Crippen LogP contribution in [0, 0.1) is 66.5 Å². The molecule has 17 nitrogen and oxygen atoms in total. The molecular formula is C101H189N5O12S9. The Balaban J connectivity index is 0.00000148. The molecule has 0 aromatic carbocycles. The standard InChI is InChI=1S/C20H35NO2S.C17H31NO3S.C16H29NO3S.C15H27NO2S.C13H23NO2S.C11H24S2.C9H20S2/c1-19(2,3)13-24-16-11-17(22)21(18(16)23)12-14-7-9-15(10-8-14)20(4,5)6;1-16(2,3)7-9-21-10-8-18-14(19)11-13(15(18)20)22-12-17(4,5)6;1-12(2)6-7-20-8-9-21-13-10-14(18)17(15(13)19)11-16(3,4)5;1-10(9-14(2,3)4)19-11-8-12(17)16(13(11)18)15(5,6)7;1-12(2,3)8-17-9-7-10(15)14(11(9)16)13(4,5)6;1-9(8-10(2,3)4)12-13-11(5,6)7;1-8(2,3)7-10-11-9(4,5)6/h14-16H,7-13H2,1-6H3;13H,7-12H2,1-6H3;12-13H,6-11H2,1-5H3;10-11H,8-9H2,1-7H3;9H,7-8H2,1-6H3;9H,8H2,1-7H3;7H2,1-6H3. The summed E-state index contributed by atoms with van der Waals surface area (Å²) >= 11 is 8.07. The molecule has 0 radical (unpaired) electrons. The number of rotatable bonds is 29. The van der Waals surface area contributed by atoms with Gasteiger partial charge < -0.3 is 9.47 Å². The minimum absolute atomic E-state index is 0.0109. The van der Waals surface area contributed by atoms with Gasteiger partial charge in [0.25, 0.3) is 0 Å². The van der Waals surface area contributed by atoms with Crippen molar-refractivity contribution >= 4 is 161 Å². The molecule has 6 fully saturated rings. The van der Waals surface area contributed by atoms with Gasteiger partial charge in [0.2, 0.25) is 59.1 Å². The zero-order chi connectivity index (χ0) is 99.4. The highest BCUT2D eigenvalue weighted by Gasteiger charge is 2.48. The molecule has 7 atom stereocenters. The van der Waals surface area contributed by atoms with Crippen LogP contribution in [0.3, 0.4) is 0 Å². The molecule has 6 aliphatic rings. The number of hydrogen-bond acceptors (Lipinski definition) is 21. The van der Waals surface area contributed by atoms with E-state index in [1.54, 1.807) is 63.7 Å². The van der Waals surface area contributed by atoms with E-state index in [0.717, 1.165) is 72.9 Å². The molecule has 7 unspecified atom stereocenters. The minimum atomic E-state index is -0.406. The first kappa shape index (κ1) is 126. The highest BCUT2D eigenvalue weighted by molar-refractivity contribution is 8.77. The van der Waals surface area contributed by atoms with Crippen molar-refractivity contribution in [3.63, 3.8) is 0 Å². The van der Waals surface area contributed by atoms with Gasteiger partial charge in [-0.05, 0) is 177 Å². The predicted molar refractivity (Wildman–Crippen MR) is 562 cm³/mol. The van der Waals surface area contributed by atoms with Crippen molar-refractivity contribution in [3.8, 4) is 0 Å². The smallest absolute Gasteiger partial charge is 0.243 e. The van der Waals surface area contributed by atoms with Crippen molar-refractivity contribution < 1.29 is 57.4 Å². The number of carbonyl (C=O) groups excluding carboxylic acids is 10. The van der Waals surface area contributed by atoms with Crippen LogP contribution >= 0.6 is 102 Å². The van der Waals surface area contributed by atoms with E-state index in [9.17, 15) is 47.9 Å². The van der Waals surface area contributed by atoms with Crippen LogP contribution in [-0.4, -0.2) is 216 Å². The fourth-order valence-corrected chi connectivity index (χ4v) is 25.8. The lowest BCUT2D eigenvalue weighted by Crippen LogP contribution is -2.46. The van der Waals surface area contributed by atoms with Gasteiger partial charge in [0.1, 0.15) is 0 Å². The molecule has 26 heteroatoms. The van der Waals surface area contributed by atoms with Crippen LogP contribution in [0.4, 0.5) is 0 Å². The second-order valence-electron chi connectivity index (χ2n) is 50.9. The van der Waals surface area contributed by atoms with Gasteiger partial charge in [0.05, 0.1) is 46.0 Å². The number of likely N-dealkylation sites (tertiary alicyclic amines) is 5. The van der Waals surface area contributed by atoms with Gasteiger partial charge in [-0.25, -0.2) is 0 Å². The number of nitrogens with zero attached hydrogens (tertiary/aromatic N) is 5. The summed E-state index contributed by atoms with van der Waals surface area (Å²) in [6.07, 6.45) is 10.9. The van der Waals surface area contributed by atoms with Crippen LogP contribution in [0.25, 0.3) is 0 Å². The maximum atomic E-state index is 12.6. The van der Waals surface area contributed by atoms with E-state index in [-0.39, 0.29) is 118 Å². The average molecular weight is 1950 g/mol. The van der Waals surface area contributed by atoms with E-state index >= 15 is 0 Å². The molecule has 127 heavy (non-hydrogen) atoms. The van der Waals surface area contributed by atoms with Crippen molar-refractivity contribution in [1.29, 1.82) is 0 Å². The van der Waals surface area contributed by atoms with Gasteiger partial charge >= 0.3 is 0 Å². The lowest BCUT2D eigenvalue weighted by Gasteiger charge is -2.37. The maximum absolute atomic E-state index is 12.6. The first-order valence-corrected chi connectivity index (χ1v) is 56.8. The molecule has 10 amide bonds. The topological polar surface area (TPSA) is 205 Å². The van der Waals surface area contributed by atoms with Crippen LogP contribution in [0.2, 0.25) is 0 Å². The van der Waals surface area contributed by atoms with Crippen LogP contribution in [0.5, 0.6) is 0 Å². The lowest BCUT2D eigenvalue weighted by molar-refractivity contribution is -0.145. The Morgan fingerprint density at radius 3 is 1.09 bits per heavy atom. The quantitative estimate of drug-likeness (QED) is 0.0388. The van der Waals surface area contributed by atoms with E-state index in [4.69, 9.17) is 9.47 Å². The Kier molecular flexibility index (Phi) is 53.7. The van der Waals surface area contributed by atoms with Gasteiger partial charge in [0, 0.05) is 101 Å². The molecule has 1 aliphatic carbocycles. The first-order valence-electron chi connectivity index (χ1n) is 47.1. The molecule has 0 N–H and O–H groups in total. The SMILES string of the molecule is CC(C)(C)CCOCCN1C(=O)CC(SCC(C)(C)C)C1=O.CC(C)(C)CSC1CC(=O)N(C(C)(C)C)C1=O.CC(C)(C)CSC1CC(=O)N(CC2CCC(C(C)(C)C)CC2)C1=O.CC(C)(C)CSSC(C)(C)C.CC(C)CCOCCSC1CC(=O)N(CC(C)(C)C)C1=O.CC(CC(C)(C)C)SC1CC(=O)N(C(C)(C)C)C1=O.CC(CC(C)(C)C)SSC(C)(C)C. The fourth-order valence-electron chi connectivity index (χ4n) is 13.8. The van der Waals surface area contributed by atoms with Crippen molar-refractivity contribution in [2.45, 2.75) is 439 Å². The largest absolute Gasteiger partial charge is 0.381 e. The third-order valence-corrected chi connectivity index (χ3v) is 35.3.